The van der Waals surface area contributed by atoms with Crippen LogP contribution in [-0.2, 0) is 9.57 Å². The Bertz CT molecular complexity index is 1190. The summed E-state index contributed by atoms with van der Waals surface area (Å²) in [7, 11) is 0. The van der Waals surface area contributed by atoms with Crippen molar-refractivity contribution in [1.29, 1.82) is 0 Å². The second kappa shape index (κ2) is 8.92. The maximum atomic E-state index is 11.8. The number of non-ortho nitro benzene ring substituents is 1. The molecule has 1 aromatic carbocycles. The predicted molar refractivity (Wildman–Crippen MR) is 102 cm³/mol. The van der Waals surface area contributed by atoms with Crippen molar-refractivity contribution in [2.75, 3.05) is 6.61 Å². The monoisotopic (exact) mass is 453 g/mol. The van der Waals surface area contributed by atoms with Gasteiger partial charge in [-0.05, 0) is 0 Å². The Morgan fingerprint density at radius 3 is 2.56 bits per heavy atom. The van der Waals surface area contributed by atoms with E-state index in [4.69, 9.17) is 9.57 Å². The van der Waals surface area contributed by atoms with Gasteiger partial charge in [0.25, 0.3) is 11.2 Å². The molecule has 0 saturated carbocycles. The van der Waals surface area contributed by atoms with Gasteiger partial charge in [-0.2, -0.15) is 0 Å². The smallest absolute Gasteiger partial charge is 0.330 e. The third kappa shape index (κ3) is 4.46. The fourth-order valence-electron chi connectivity index (χ4n) is 2.90. The number of phenolic OH excluding ortho intramolecular Hbond substituents is 1. The summed E-state index contributed by atoms with van der Waals surface area (Å²) in [6, 6.07) is 2.43. The number of oxime groups is 1. The summed E-state index contributed by atoms with van der Waals surface area (Å²) in [5.41, 5.74) is -3.50. The highest BCUT2D eigenvalue weighted by Crippen LogP contribution is 2.33. The Hall–Kier alpha value is -4.15. The number of phenols is 1. The number of nitrogens with zero attached hydrogens (tertiary/aromatic N) is 4. The highest BCUT2D eigenvalue weighted by molar-refractivity contribution is 5.86. The van der Waals surface area contributed by atoms with Gasteiger partial charge in [-0.15, -0.1) is 0 Å². The molecule has 1 aromatic heterocycles. The van der Waals surface area contributed by atoms with Gasteiger partial charge in [0.05, 0.1) is 27.7 Å². The summed E-state index contributed by atoms with van der Waals surface area (Å²) in [5.74, 6) is -0.877. The number of aromatic amines is 1. The highest BCUT2D eigenvalue weighted by Gasteiger charge is 2.44. The van der Waals surface area contributed by atoms with Crippen LogP contribution in [0.25, 0.3) is 0 Å². The zero-order chi connectivity index (χ0) is 23.6. The Morgan fingerprint density at radius 2 is 1.94 bits per heavy atom. The SMILES string of the molecule is O=c1ccn([C@@H]2O[C@H](CO/N=C/c3cc([N+](=O)[O-])cc([N+](=O)[O-])c3O)[C@@H](O)[C@H]2O)c(=O)[nH]1. The number of nitro benzene ring substituents is 2. The Labute approximate surface area is 175 Å². The molecule has 0 bridgehead atoms. The number of aliphatic hydroxyl groups is 2. The van der Waals surface area contributed by atoms with Crippen LogP contribution >= 0.6 is 0 Å². The van der Waals surface area contributed by atoms with E-state index in [0.717, 1.165) is 29.1 Å². The molecule has 1 aliphatic rings. The van der Waals surface area contributed by atoms with Crippen molar-refractivity contribution in [2.45, 2.75) is 24.5 Å². The number of hydrogen-bond acceptors (Lipinski definition) is 12. The molecular formula is C16H15N5O11. The van der Waals surface area contributed by atoms with Crippen molar-refractivity contribution in [3.05, 3.63) is 71.0 Å². The van der Waals surface area contributed by atoms with Crippen molar-refractivity contribution < 1.29 is 34.7 Å². The standard InChI is InChI=1S/C16H15N5O11/c22-11-1-2-19(16(26)18-11)15-14(25)13(24)10(32-15)6-31-17-5-7-3-8(20(27)28)4-9(12(7)23)21(29)30/h1-5,10,13-15,23-25H,6H2,(H,18,22,26)/b17-5+/t10-,13-,14-,15-/m1/s1. The van der Waals surface area contributed by atoms with Crippen molar-refractivity contribution in [3.8, 4) is 5.75 Å². The van der Waals surface area contributed by atoms with Crippen LogP contribution in [0, 0.1) is 20.2 Å². The third-order valence-corrected chi connectivity index (χ3v) is 4.48. The fourth-order valence-corrected chi connectivity index (χ4v) is 2.90. The lowest BCUT2D eigenvalue weighted by Crippen LogP contribution is -2.37. The first-order valence-corrected chi connectivity index (χ1v) is 8.74. The quantitative estimate of drug-likeness (QED) is 0.219. The van der Waals surface area contributed by atoms with Crippen LogP contribution in [0.1, 0.15) is 11.8 Å². The summed E-state index contributed by atoms with van der Waals surface area (Å²) in [5, 5.41) is 55.4. The molecule has 1 fully saturated rings. The molecule has 1 saturated heterocycles. The van der Waals surface area contributed by atoms with E-state index < -0.39 is 69.4 Å². The number of H-pyrrole nitrogens is 1. The van der Waals surface area contributed by atoms with E-state index in [0.29, 0.717) is 6.07 Å². The molecule has 2 heterocycles. The molecule has 32 heavy (non-hydrogen) atoms. The van der Waals surface area contributed by atoms with E-state index in [1.54, 1.807) is 0 Å². The lowest BCUT2D eigenvalue weighted by molar-refractivity contribution is -0.394. The molecule has 0 radical (unpaired) electrons. The van der Waals surface area contributed by atoms with Gasteiger partial charge in [-0.3, -0.25) is 34.6 Å². The lowest BCUT2D eigenvalue weighted by Gasteiger charge is -2.16. The van der Waals surface area contributed by atoms with Gasteiger partial charge in [0.1, 0.15) is 24.9 Å². The lowest BCUT2D eigenvalue weighted by atomic mass is 10.1. The molecule has 0 unspecified atom stereocenters. The summed E-state index contributed by atoms with van der Waals surface area (Å²) in [6.45, 7) is -0.471. The first kappa shape index (κ1) is 22.5. The van der Waals surface area contributed by atoms with Crippen LogP contribution in [0.4, 0.5) is 11.4 Å². The Kier molecular flexibility index (Phi) is 6.28. The van der Waals surface area contributed by atoms with Gasteiger partial charge in [0.2, 0.25) is 5.75 Å². The van der Waals surface area contributed by atoms with Gasteiger partial charge in [0, 0.05) is 18.3 Å². The van der Waals surface area contributed by atoms with Crippen LogP contribution in [-0.4, -0.2) is 65.9 Å². The zero-order valence-electron chi connectivity index (χ0n) is 15.8. The maximum Gasteiger partial charge on any atom is 0.330 e. The largest absolute Gasteiger partial charge is 0.502 e. The van der Waals surface area contributed by atoms with E-state index >= 15 is 0 Å². The predicted octanol–water partition coefficient (Wildman–Crippen LogP) is -1.27. The van der Waals surface area contributed by atoms with E-state index in [1.165, 1.54) is 0 Å². The first-order chi connectivity index (χ1) is 15.1. The number of rotatable bonds is 7. The molecule has 3 rings (SSSR count). The van der Waals surface area contributed by atoms with E-state index in [2.05, 4.69) is 5.16 Å². The molecule has 1 aliphatic heterocycles. The van der Waals surface area contributed by atoms with Crippen LogP contribution in [0.3, 0.4) is 0 Å². The van der Waals surface area contributed by atoms with Gasteiger partial charge in [0.15, 0.2) is 6.23 Å². The minimum absolute atomic E-state index is 0.378. The van der Waals surface area contributed by atoms with E-state index in [1.807, 2.05) is 4.98 Å². The Balaban J connectivity index is 1.71. The van der Waals surface area contributed by atoms with Gasteiger partial charge >= 0.3 is 11.4 Å². The second-order valence-corrected chi connectivity index (χ2v) is 6.51. The number of nitrogens with one attached hydrogen (secondary N) is 1. The molecular weight excluding hydrogens is 438 g/mol. The average molecular weight is 453 g/mol. The van der Waals surface area contributed by atoms with Crippen molar-refractivity contribution in [3.63, 3.8) is 0 Å². The summed E-state index contributed by atoms with van der Waals surface area (Å²) in [4.78, 5) is 49.8. The average Bonchev–Trinajstić information content (AvgIpc) is 3.00. The fraction of sp³-hybridized carbons (Fsp3) is 0.312. The molecule has 16 nitrogen and oxygen atoms in total. The number of hydrogen-bond donors (Lipinski definition) is 4. The number of benzene rings is 1. The van der Waals surface area contributed by atoms with Crippen LogP contribution in [0.15, 0.2) is 39.1 Å². The van der Waals surface area contributed by atoms with Crippen molar-refractivity contribution >= 4 is 17.6 Å². The number of aromatic nitrogens is 2. The van der Waals surface area contributed by atoms with Gasteiger partial charge < -0.3 is 24.9 Å². The van der Waals surface area contributed by atoms with Crippen LogP contribution in [0.5, 0.6) is 5.75 Å². The number of nitro groups is 2. The van der Waals surface area contributed by atoms with Gasteiger partial charge in [-0.1, -0.05) is 5.16 Å². The molecule has 0 amide bonds. The topological polar surface area (TPSA) is 233 Å². The highest BCUT2D eigenvalue weighted by atomic mass is 16.7. The third-order valence-electron chi connectivity index (χ3n) is 4.48. The number of ether oxygens (including phenoxy) is 1. The molecule has 0 spiro atoms. The minimum atomic E-state index is -1.56. The van der Waals surface area contributed by atoms with Crippen molar-refractivity contribution in [1.82, 2.24) is 9.55 Å². The Morgan fingerprint density at radius 1 is 1.22 bits per heavy atom. The van der Waals surface area contributed by atoms with Gasteiger partial charge in [-0.25, -0.2) is 4.79 Å². The summed E-state index contributed by atoms with van der Waals surface area (Å²) in [6.07, 6.45) is -3.74. The van der Waals surface area contributed by atoms with E-state index in [9.17, 15) is 45.1 Å². The summed E-state index contributed by atoms with van der Waals surface area (Å²) < 4.78 is 6.24. The molecule has 170 valence electrons. The second-order valence-electron chi connectivity index (χ2n) is 6.51. The summed E-state index contributed by atoms with van der Waals surface area (Å²) >= 11 is 0. The molecule has 0 aliphatic carbocycles. The zero-order valence-corrected chi connectivity index (χ0v) is 15.8. The molecule has 4 N–H and O–H groups in total. The molecule has 16 heteroatoms. The van der Waals surface area contributed by atoms with Crippen molar-refractivity contribution in [2.24, 2.45) is 5.16 Å². The number of aliphatic hydroxyl groups excluding tert-OH is 2. The van der Waals surface area contributed by atoms with Crippen LogP contribution < -0.4 is 11.2 Å². The molecule has 2 aromatic rings. The molecule has 4 atom stereocenters. The van der Waals surface area contributed by atoms with E-state index in [-0.39, 0.29) is 5.56 Å². The van der Waals surface area contributed by atoms with Crippen LogP contribution in [0.2, 0.25) is 0 Å². The minimum Gasteiger partial charge on any atom is -0.502 e. The first-order valence-electron chi connectivity index (χ1n) is 8.74. The normalized spacial score (nSPS) is 22.8. The maximum absolute atomic E-state index is 11.8. The number of aromatic hydroxyl groups is 1.